The summed E-state index contributed by atoms with van der Waals surface area (Å²) in [6.07, 6.45) is 1.64. The van der Waals surface area contributed by atoms with Crippen LogP contribution in [0.2, 0.25) is 0 Å². The molecule has 2 heterocycles. The van der Waals surface area contributed by atoms with E-state index >= 15 is 0 Å². The van der Waals surface area contributed by atoms with Crippen molar-refractivity contribution in [1.29, 1.82) is 0 Å². The second kappa shape index (κ2) is 8.27. The highest BCUT2D eigenvalue weighted by molar-refractivity contribution is 5.69. The highest BCUT2D eigenvalue weighted by atomic mass is 16.5. The lowest BCUT2D eigenvalue weighted by Gasteiger charge is -2.14. The number of aromatic hydroxyl groups is 1. The van der Waals surface area contributed by atoms with E-state index in [1.54, 1.807) is 62.4 Å². The van der Waals surface area contributed by atoms with Crippen molar-refractivity contribution in [2.75, 3.05) is 33.8 Å². The van der Waals surface area contributed by atoms with E-state index in [9.17, 15) is 5.11 Å². The number of nitrogens with zero attached hydrogens (tertiary/aromatic N) is 4. The molecule has 0 aliphatic heterocycles. The van der Waals surface area contributed by atoms with Crippen molar-refractivity contribution in [1.82, 2.24) is 19.6 Å². The fourth-order valence-electron chi connectivity index (χ4n) is 3.17. The summed E-state index contributed by atoms with van der Waals surface area (Å²) >= 11 is 0. The minimum atomic E-state index is 0.0102. The van der Waals surface area contributed by atoms with Gasteiger partial charge in [-0.3, -0.25) is 0 Å². The molecule has 0 radical (unpaired) electrons. The van der Waals surface area contributed by atoms with Gasteiger partial charge in [0, 0.05) is 29.6 Å². The number of hydrogen-bond donors (Lipinski definition) is 2. The molecule has 0 atom stereocenters. The Hall–Kier alpha value is -4.21. The number of anilines is 2. The Kier molecular flexibility index (Phi) is 5.35. The Labute approximate surface area is 178 Å². The van der Waals surface area contributed by atoms with Gasteiger partial charge in [-0.2, -0.15) is 9.50 Å². The fraction of sp³-hybridized carbons (Fsp3) is 0.190. The summed E-state index contributed by atoms with van der Waals surface area (Å²) in [5.41, 5.74) is 1.90. The highest BCUT2D eigenvalue weighted by Crippen LogP contribution is 2.40. The van der Waals surface area contributed by atoms with E-state index in [0.29, 0.717) is 51.7 Å². The van der Waals surface area contributed by atoms with E-state index in [-0.39, 0.29) is 5.75 Å². The average Bonchev–Trinajstić information content (AvgIpc) is 3.20. The van der Waals surface area contributed by atoms with Crippen molar-refractivity contribution < 1.29 is 24.1 Å². The van der Waals surface area contributed by atoms with Crippen LogP contribution in [0.1, 0.15) is 0 Å². The number of ether oxygens (including phenoxy) is 4. The number of nitrogens with one attached hydrogen (secondary N) is 1. The summed E-state index contributed by atoms with van der Waals surface area (Å²) in [6.45, 7) is 0. The number of fused-ring (bicyclic) bond motifs is 1. The van der Waals surface area contributed by atoms with Crippen molar-refractivity contribution in [2.24, 2.45) is 0 Å². The Morgan fingerprint density at radius 2 is 1.58 bits per heavy atom. The maximum Gasteiger partial charge on any atom is 0.247 e. The van der Waals surface area contributed by atoms with Gasteiger partial charge in [0.05, 0.1) is 28.4 Å². The Balaban J connectivity index is 1.76. The number of phenols is 1. The third kappa shape index (κ3) is 3.70. The third-order valence-electron chi connectivity index (χ3n) is 4.61. The molecule has 2 aromatic heterocycles. The molecule has 4 rings (SSSR count). The van der Waals surface area contributed by atoms with Crippen LogP contribution in [0.5, 0.6) is 28.7 Å². The van der Waals surface area contributed by atoms with Crippen LogP contribution >= 0.6 is 0 Å². The minimum absolute atomic E-state index is 0.0102. The first kappa shape index (κ1) is 20.1. The van der Waals surface area contributed by atoms with E-state index in [2.05, 4.69) is 20.4 Å². The molecule has 160 valence electrons. The number of hydrogen-bond acceptors (Lipinski definition) is 9. The number of benzene rings is 2. The van der Waals surface area contributed by atoms with Crippen LogP contribution < -0.4 is 24.3 Å². The summed E-state index contributed by atoms with van der Waals surface area (Å²) < 4.78 is 22.9. The minimum Gasteiger partial charge on any atom is -0.504 e. The van der Waals surface area contributed by atoms with Gasteiger partial charge in [0.1, 0.15) is 0 Å². The standard InChI is InChI=1S/C21H21N5O5/c1-28-15-6-5-13(11-14(15)27)23-21-24-18-7-8-22-20(26(18)25-21)12-9-16(29-2)19(31-4)17(10-12)30-3/h5-11,27H,1-4H3,(H,23,25). The number of aromatic nitrogens is 4. The van der Waals surface area contributed by atoms with E-state index in [1.807, 2.05) is 0 Å². The van der Waals surface area contributed by atoms with Gasteiger partial charge < -0.3 is 29.4 Å². The van der Waals surface area contributed by atoms with Crippen molar-refractivity contribution >= 4 is 17.3 Å². The van der Waals surface area contributed by atoms with Gasteiger partial charge >= 0.3 is 0 Å². The van der Waals surface area contributed by atoms with E-state index in [4.69, 9.17) is 18.9 Å². The van der Waals surface area contributed by atoms with Crippen LogP contribution in [-0.4, -0.2) is 53.1 Å². The van der Waals surface area contributed by atoms with Crippen LogP contribution in [0.4, 0.5) is 11.6 Å². The Bertz CT molecular complexity index is 1220. The van der Waals surface area contributed by atoms with E-state index in [1.165, 1.54) is 13.2 Å². The molecule has 0 bridgehead atoms. The molecule has 4 aromatic rings. The average molecular weight is 423 g/mol. The topological polar surface area (TPSA) is 112 Å². The molecule has 0 spiro atoms. The second-order valence-corrected chi connectivity index (χ2v) is 6.40. The predicted molar refractivity (Wildman–Crippen MR) is 114 cm³/mol. The lowest BCUT2D eigenvalue weighted by Crippen LogP contribution is -2.00. The maximum atomic E-state index is 9.99. The zero-order valence-electron chi connectivity index (χ0n) is 17.4. The van der Waals surface area contributed by atoms with Gasteiger partial charge in [-0.05, 0) is 24.3 Å². The molecule has 2 aromatic carbocycles. The van der Waals surface area contributed by atoms with Gasteiger partial charge in [-0.15, -0.1) is 5.10 Å². The molecule has 0 aliphatic rings. The normalized spacial score (nSPS) is 10.7. The molecule has 10 heteroatoms. The number of phenolic OH excluding ortho intramolecular Hbond substituents is 1. The van der Waals surface area contributed by atoms with Crippen molar-refractivity contribution in [3.63, 3.8) is 0 Å². The fourth-order valence-corrected chi connectivity index (χ4v) is 3.17. The van der Waals surface area contributed by atoms with Crippen LogP contribution in [0.3, 0.4) is 0 Å². The zero-order chi connectivity index (χ0) is 22.0. The lowest BCUT2D eigenvalue weighted by molar-refractivity contribution is 0.324. The molecule has 0 fully saturated rings. The summed E-state index contributed by atoms with van der Waals surface area (Å²) in [6, 6.07) is 10.3. The predicted octanol–water partition coefficient (Wildman–Crippen LogP) is 3.27. The summed E-state index contributed by atoms with van der Waals surface area (Å²) in [4.78, 5) is 8.95. The quantitative estimate of drug-likeness (QED) is 0.462. The summed E-state index contributed by atoms with van der Waals surface area (Å²) in [7, 11) is 6.14. The molecule has 2 N–H and O–H groups in total. The molecule has 31 heavy (non-hydrogen) atoms. The van der Waals surface area contributed by atoms with E-state index in [0.717, 1.165) is 0 Å². The van der Waals surface area contributed by atoms with Gasteiger partial charge in [-0.25, -0.2) is 4.98 Å². The van der Waals surface area contributed by atoms with E-state index < -0.39 is 0 Å². The SMILES string of the molecule is COc1ccc(Nc2nc3ccnc(-c4cc(OC)c(OC)c(OC)c4)n3n2)cc1O. The second-order valence-electron chi connectivity index (χ2n) is 6.40. The van der Waals surface area contributed by atoms with Gasteiger partial charge in [0.2, 0.25) is 11.7 Å². The first-order chi connectivity index (χ1) is 15.1. The van der Waals surface area contributed by atoms with Crippen LogP contribution in [0, 0.1) is 0 Å². The summed E-state index contributed by atoms with van der Waals surface area (Å²) in [5, 5.41) is 17.6. The molecular formula is C21H21N5O5. The zero-order valence-corrected chi connectivity index (χ0v) is 17.4. The van der Waals surface area contributed by atoms with Crippen LogP contribution in [0.15, 0.2) is 42.6 Å². The van der Waals surface area contributed by atoms with Crippen molar-refractivity contribution in [2.45, 2.75) is 0 Å². The monoisotopic (exact) mass is 423 g/mol. The number of rotatable bonds is 7. The van der Waals surface area contributed by atoms with Gasteiger partial charge in [0.25, 0.3) is 0 Å². The molecule has 0 aliphatic carbocycles. The Morgan fingerprint density at radius 3 is 2.19 bits per heavy atom. The van der Waals surface area contributed by atoms with Crippen molar-refractivity contribution in [3.8, 4) is 40.1 Å². The number of methoxy groups -OCH3 is 4. The van der Waals surface area contributed by atoms with Gasteiger partial charge in [-0.1, -0.05) is 0 Å². The van der Waals surface area contributed by atoms with Gasteiger partial charge in [0.15, 0.2) is 34.5 Å². The highest BCUT2D eigenvalue weighted by Gasteiger charge is 2.17. The Morgan fingerprint density at radius 1 is 0.871 bits per heavy atom. The largest absolute Gasteiger partial charge is 0.504 e. The smallest absolute Gasteiger partial charge is 0.247 e. The first-order valence-electron chi connectivity index (χ1n) is 9.24. The van der Waals surface area contributed by atoms with Crippen LogP contribution in [-0.2, 0) is 0 Å². The third-order valence-corrected chi connectivity index (χ3v) is 4.61. The lowest BCUT2D eigenvalue weighted by atomic mass is 10.1. The first-order valence-corrected chi connectivity index (χ1v) is 9.24. The maximum absolute atomic E-state index is 9.99. The molecule has 0 saturated carbocycles. The molecule has 0 unspecified atom stereocenters. The summed E-state index contributed by atoms with van der Waals surface area (Å²) in [5.74, 6) is 2.76. The molecular weight excluding hydrogens is 402 g/mol. The molecule has 0 saturated heterocycles. The molecule has 10 nitrogen and oxygen atoms in total. The van der Waals surface area contributed by atoms with Crippen molar-refractivity contribution in [3.05, 3.63) is 42.6 Å². The molecule has 0 amide bonds. The van der Waals surface area contributed by atoms with Crippen LogP contribution in [0.25, 0.3) is 17.0 Å².